The summed E-state index contributed by atoms with van der Waals surface area (Å²) in [7, 11) is -4.30. The van der Waals surface area contributed by atoms with Gasteiger partial charge in [-0.15, -0.1) is 0 Å². The number of anilines is 1. The van der Waals surface area contributed by atoms with E-state index < -0.39 is 27.8 Å². The van der Waals surface area contributed by atoms with Crippen LogP contribution in [0.5, 0.6) is 0 Å². The third-order valence-corrected chi connectivity index (χ3v) is 8.96. The molecule has 1 N–H and O–H groups in total. The number of unbranched alkanes of at least 4 members (excludes halogenated alkanes) is 11. The van der Waals surface area contributed by atoms with E-state index in [-0.39, 0.29) is 15.6 Å². The number of nitrogens with one attached hydrogen (secondary N) is 1. The van der Waals surface area contributed by atoms with Gasteiger partial charge in [0.25, 0.3) is 10.0 Å². The van der Waals surface area contributed by atoms with Gasteiger partial charge >= 0.3 is 0 Å². The first kappa shape index (κ1) is 32.4. The van der Waals surface area contributed by atoms with Gasteiger partial charge in [0.1, 0.15) is 11.9 Å². The predicted octanol–water partition coefficient (Wildman–Crippen LogP) is 8.53. The minimum absolute atomic E-state index is 0.109. The standard InChI is InChI=1S/C29H41Cl2FN2O3S/c1-3-4-5-6-7-8-9-10-11-12-13-14-21-33-29(35)23(2)34(28-22-25(31)17-20-27(28)32)38(36,37)26-18-15-24(30)16-19-26/h15-20,22-23H,3-14,21H2,1-2H3,(H,33,35)/t23-/m1/s1. The Morgan fingerprint density at radius 1 is 0.842 bits per heavy atom. The van der Waals surface area contributed by atoms with Crippen LogP contribution in [-0.4, -0.2) is 26.9 Å². The lowest BCUT2D eigenvalue weighted by Gasteiger charge is -2.30. The number of carbonyl (C=O) groups is 1. The lowest BCUT2D eigenvalue weighted by Crippen LogP contribution is -2.48. The highest BCUT2D eigenvalue weighted by atomic mass is 35.5. The van der Waals surface area contributed by atoms with Crippen molar-refractivity contribution in [1.82, 2.24) is 5.32 Å². The van der Waals surface area contributed by atoms with Crippen molar-refractivity contribution in [3.8, 4) is 0 Å². The number of halogens is 3. The van der Waals surface area contributed by atoms with Gasteiger partial charge in [-0.25, -0.2) is 12.8 Å². The molecular weight excluding hydrogens is 546 g/mol. The van der Waals surface area contributed by atoms with Crippen molar-refractivity contribution in [3.05, 3.63) is 58.3 Å². The Kier molecular flexibility index (Phi) is 14.5. The molecule has 0 fully saturated rings. The molecule has 0 aliphatic rings. The summed E-state index contributed by atoms with van der Waals surface area (Å²) in [6.45, 7) is 4.09. The molecule has 0 aliphatic heterocycles. The van der Waals surface area contributed by atoms with Gasteiger partial charge in [0.15, 0.2) is 0 Å². The molecule has 5 nitrogen and oxygen atoms in total. The minimum atomic E-state index is -4.30. The van der Waals surface area contributed by atoms with Gasteiger partial charge in [-0.05, 0) is 55.8 Å². The van der Waals surface area contributed by atoms with Crippen LogP contribution in [-0.2, 0) is 14.8 Å². The largest absolute Gasteiger partial charge is 0.354 e. The molecule has 38 heavy (non-hydrogen) atoms. The van der Waals surface area contributed by atoms with Crippen LogP contribution < -0.4 is 9.62 Å². The molecule has 0 spiro atoms. The van der Waals surface area contributed by atoms with Crippen molar-refractivity contribution < 1.29 is 17.6 Å². The quantitative estimate of drug-likeness (QED) is 0.178. The lowest BCUT2D eigenvalue weighted by atomic mass is 10.1. The van der Waals surface area contributed by atoms with Crippen molar-refractivity contribution in [2.24, 2.45) is 0 Å². The second-order valence-electron chi connectivity index (χ2n) is 9.71. The Bertz CT molecular complexity index is 1100. The number of amides is 1. The molecule has 212 valence electrons. The molecule has 2 rings (SSSR count). The second kappa shape index (κ2) is 17.0. The number of rotatable bonds is 18. The monoisotopic (exact) mass is 586 g/mol. The maximum absolute atomic E-state index is 14.8. The molecule has 0 saturated heterocycles. The zero-order valence-corrected chi connectivity index (χ0v) is 24.9. The summed E-state index contributed by atoms with van der Waals surface area (Å²) in [6, 6.07) is 7.91. The van der Waals surface area contributed by atoms with Crippen molar-refractivity contribution >= 4 is 44.8 Å². The Morgan fingerprint density at radius 2 is 1.34 bits per heavy atom. The molecule has 1 amide bonds. The third-order valence-electron chi connectivity index (χ3n) is 6.58. The van der Waals surface area contributed by atoms with E-state index in [2.05, 4.69) is 12.2 Å². The molecule has 0 aliphatic carbocycles. The summed E-state index contributed by atoms with van der Waals surface area (Å²) in [5, 5.41) is 3.33. The second-order valence-corrected chi connectivity index (χ2v) is 12.4. The van der Waals surface area contributed by atoms with Crippen molar-refractivity contribution in [3.63, 3.8) is 0 Å². The van der Waals surface area contributed by atoms with E-state index in [1.165, 1.54) is 101 Å². The molecule has 0 heterocycles. The summed E-state index contributed by atoms with van der Waals surface area (Å²) in [6.07, 6.45) is 14.5. The molecule has 0 bridgehead atoms. The molecule has 0 unspecified atom stereocenters. The van der Waals surface area contributed by atoms with Gasteiger partial charge in [-0.1, -0.05) is 101 Å². The Morgan fingerprint density at radius 3 is 1.89 bits per heavy atom. The molecule has 9 heteroatoms. The van der Waals surface area contributed by atoms with Gasteiger partial charge in [0, 0.05) is 16.6 Å². The van der Waals surface area contributed by atoms with Crippen LogP contribution in [0.4, 0.5) is 10.1 Å². The van der Waals surface area contributed by atoms with Gasteiger partial charge in [-0.2, -0.15) is 0 Å². The predicted molar refractivity (Wildman–Crippen MR) is 156 cm³/mol. The first-order chi connectivity index (χ1) is 18.2. The number of hydrogen-bond donors (Lipinski definition) is 1. The van der Waals surface area contributed by atoms with Gasteiger partial charge in [-0.3, -0.25) is 9.10 Å². The van der Waals surface area contributed by atoms with E-state index in [0.29, 0.717) is 11.6 Å². The summed E-state index contributed by atoms with van der Waals surface area (Å²) in [5.41, 5.74) is -0.291. The van der Waals surface area contributed by atoms with Crippen molar-refractivity contribution in [1.29, 1.82) is 0 Å². The smallest absolute Gasteiger partial charge is 0.265 e. The number of benzene rings is 2. The fourth-order valence-corrected chi connectivity index (χ4v) is 6.26. The highest BCUT2D eigenvalue weighted by molar-refractivity contribution is 7.93. The minimum Gasteiger partial charge on any atom is -0.354 e. The van der Waals surface area contributed by atoms with Crippen molar-refractivity contribution in [2.45, 2.75) is 102 Å². The molecule has 0 aromatic heterocycles. The van der Waals surface area contributed by atoms with E-state index in [0.717, 1.165) is 29.6 Å². The van der Waals surface area contributed by atoms with Crippen molar-refractivity contribution in [2.75, 3.05) is 10.8 Å². The first-order valence-electron chi connectivity index (χ1n) is 13.7. The van der Waals surface area contributed by atoms with Gasteiger partial charge < -0.3 is 5.32 Å². The Labute approximate surface area is 238 Å². The average Bonchev–Trinajstić information content (AvgIpc) is 2.89. The fraction of sp³-hybridized carbons (Fsp3) is 0.552. The lowest BCUT2D eigenvalue weighted by molar-refractivity contribution is -0.121. The van der Waals surface area contributed by atoms with Crippen LogP contribution in [0.15, 0.2) is 47.4 Å². The maximum Gasteiger partial charge on any atom is 0.265 e. The maximum atomic E-state index is 14.8. The van der Waals surface area contributed by atoms with Crippen LogP contribution >= 0.6 is 23.2 Å². The third kappa shape index (κ3) is 10.4. The fourth-order valence-electron chi connectivity index (χ4n) is 4.35. The average molecular weight is 588 g/mol. The molecule has 1 atom stereocenters. The van der Waals surface area contributed by atoms with E-state index in [9.17, 15) is 17.6 Å². The first-order valence-corrected chi connectivity index (χ1v) is 15.9. The topological polar surface area (TPSA) is 66.5 Å². The summed E-state index contributed by atoms with van der Waals surface area (Å²) in [5.74, 6) is -1.31. The highest BCUT2D eigenvalue weighted by Crippen LogP contribution is 2.31. The molecule has 0 radical (unpaired) electrons. The zero-order valence-electron chi connectivity index (χ0n) is 22.5. The van der Waals surface area contributed by atoms with E-state index in [1.807, 2.05) is 0 Å². The number of carbonyl (C=O) groups excluding carboxylic acids is 1. The molecule has 2 aromatic rings. The van der Waals surface area contributed by atoms with Crippen LogP contribution in [0, 0.1) is 5.82 Å². The zero-order chi connectivity index (χ0) is 28.0. The normalized spacial score (nSPS) is 12.3. The Hall–Kier alpha value is -1.83. The summed E-state index contributed by atoms with van der Waals surface area (Å²) < 4.78 is 42.7. The van der Waals surface area contributed by atoms with E-state index in [4.69, 9.17) is 23.2 Å². The Balaban J connectivity index is 1.90. The van der Waals surface area contributed by atoms with Crippen LogP contribution in [0.25, 0.3) is 0 Å². The van der Waals surface area contributed by atoms with Gasteiger partial charge in [0.05, 0.1) is 10.6 Å². The summed E-state index contributed by atoms with van der Waals surface area (Å²) in [4.78, 5) is 12.9. The van der Waals surface area contributed by atoms with E-state index in [1.54, 1.807) is 0 Å². The van der Waals surface area contributed by atoms with Crippen LogP contribution in [0.2, 0.25) is 10.0 Å². The highest BCUT2D eigenvalue weighted by Gasteiger charge is 2.35. The summed E-state index contributed by atoms with van der Waals surface area (Å²) >= 11 is 12.0. The number of nitrogens with zero attached hydrogens (tertiary/aromatic N) is 1. The van der Waals surface area contributed by atoms with Gasteiger partial charge in [0.2, 0.25) is 5.91 Å². The molecule has 0 saturated carbocycles. The van der Waals surface area contributed by atoms with Crippen LogP contribution in [0.3, 0.4) is 0 Å². The SMILES string of the molecule is CCCCCCCCCCCCCCNC(=O)[C@@H](C)N(c1cc(Cl)ccc1F)S(=O)(=O)c1ccc(Cl)cc1. The molecular formula is C29H41Cl2FN2O3S. The molecule has 2 aromatic carbocycles. The van der Waals surface area contributed by atoms with Crippen LogP contribution in [0.1, 0.15) is 90.9 Å². The van der Waals surface area contributed by atoms with E-state index >= 15 is 0 Å². The number of sulfonamides is 1. The number of hydrogen-bond acceptors (Lipinski definition) is 3.